The Kier molecular flexibility index (Phi) is 3.72. The molecule has 1 heterocycles. The number of hydrogen-bond donors (Lipinski definition) is 2. The average Bonchev–Trinajstić information content (AvgIpc) is 2.47. The Labute approximate surface area is 77.8 Å². The fraction of sp³-hybridized carbons (Fsp3) is 0.556. The van der Waals surface area contributed by atoms with E-state index in [-0.39, 0.29) is 0 Å². The van der Waals surface area contributed by atoms with E-state index in [2.05, 4.69) is 30.7 Å². The summed E-state index contributed by atoms with van der Waals surface area (Å²) < 4.78 is 0. The van der Waals surface area contributed by atoms with E-state index in [1.54, 1.807) is 11.3 Å². The molecule has 1 aromatic rings. The third kappa shape index (κ3) is 2.30. The lowest BCUT2D eigenvalue weighted by Gasteiger charge is -2.12. The molecule has 0 saturated heterocycles. The minimum Gasteiger partial charge on any atom is -0.271 e. The largest absolute Gasteiger partial charge is 0.271 e. The van der Waals surface area contributed by atoms with Crippen LogP contribution in [0.25, 0.3) is 0 Å². The Balaban J connectivity index is 2.66. The summed E-state index contributed by atoms with van der Waals surface area (Å²) in [7, 11) is 0. The molecule has 0 radical (unpaired) electrons. The van der Waals surface area contributed by atoms with E-state index in [0.29, 0.717) is 6.04 Å². The Morgan fingerprint density at radius 2 is 2.42 bits per heavy atom. The number of rotatable bonds is 4. The summed E-state index contributed by atoms with van der Waals surface area (Å²) in [4.78, 5) is 1.35. The molecule has 2 nitrogen and oxygen atoms in total. The molecule has 0 aromatic carbocycles. The average molecular weight is 184 g/mol. The smallest absolute Gasteiger partial charge is 0.0468 e. The molecule has 0 bridgehead atoms. The van der Waals surface area contributed by atoms with E-state index in [9.17, 15) is 0 Å². The van der Waals surface area contributed by atoms with Crippen LogP contribution in [0, 0.1) is 6.92 Å². The predicted octanol–water partition coefficient (Wildman–Crippen LogP) is 2.36. The monoisotopic (exact) mass is 184 g/mol. The maximum absolute atomic E-state index is 5.45. The van der Waals surface area contributed by atoms with Crippen LogP contribution in [-0.2, 0) is 0 Å². The van der Waals surface area contributed by atoms with Gasteiger partial charge in [-0.15, -0.1) is 11.3 Å². The van der Waals surface area contributed by atoms with Crippen molar-refractivity contribution in [3.05, 3.63) is 21.9 Å². The molecular weight excluding hydrogens is 168 g/mol. The van der Waals surface area contributed by atoms with Crippen molar-refractivity contribution < 1.29 is 0 Å². The molecule has 0 spiro atoms. The fourth-order valence-electron chi connectivity index (χ4n) is 1.28. The zero-order chi connectivity index (χ0) is 8.97. The van der Waals surface area contributed by atoms with Crippen molar-refractivity contribution in [2.45, 2.75) is 32.7 Å². The Hall–Kier alpha value is -0.380. The lowest BCUT2D eigenvalue weighted by Crippen LogP contribution is -2.27. The molecule has 0 aliphatic heterocycles. The molecule has 0 fully saturated rings. The summed E-state index contributed by atoms with van der Waals surface area (Å²) >= 11 is 1.78. The van der Waals surface area contributed by atoms with Crippen LogP contribution in [0.15, 0.2) is 11.4 Å². The second kappa shape index (κ2) is 4.60. The third-order valence-electron chi connectivity index (χ3n) is 1.93. The van der Waals surface area contributed by atoms with Gasteiger partial charge in [0.05, 0.1) is 0 Å². The number of nitrogens with one attached hydrogen (secondary N) is 1. The first kappa shape index (κ1) is 9.71. The molecular formula is C9H16N2S. The number of nitrogens with two attached hydrogens (primary N) is 1. The minimum absolute atomic E-state index is 0.333. The van der Waals surface area contributed by atoms with Crippen molar-refractivity contribution in [2.24, 2.45) is 5.84 Å². The molecule has 3 N–H and O–H groups in total. The van der Waals surface area contributed by atoms with Crippen LogP contribution >= 0.6 is 11.3 Å². The fourth-order valence-corrected chi connectivity index (χ4v) is 2.04. The molecule has 68 valence electrons. The van der Waals surface area contributed by atoms with E-state index < -0.39 is 0 Å². The second-order valence-corrected chi connectivity index (χ2v) is 4.11. The van der Waals surface area contributed by atoms with Crippen LogP contribution in [0.4, 0.5) is 0 Å². The van der Waals surface area contributed by atoms with Gasteiger partial charge < -0.3 is 0 Å². The van der Waals surface area contributed by atoms with Crippen LogP contribution in [0.3, 0.4) is 0 Å². The van der Waals surface area contributed by atoms with Crippen LogP contribution in [-0.4, -0.2) is 0 Å². The minimum atomic E-state index is 0.333. The summed E-state index contributed by atoms with van der Waals surface area (Å²) in [5, 5.41) is 2.18. The maximum atomic E-state index is 5.45. The molecule has 0 aliphatic rings. The first-order valence-corrected chi connectivity index (χ1v) is 5.17. The highest BCUT2D eigenvalue weighted by Crippen LogP contribution is 2.22. The molecule has 0 amide bonds. The second-order valence-electron chi connectivity index (χ2n) is 3.00. The molecule has 0 aliphatic carbocycles. The Morgan fingerprint density at radius 3 is 2.83 bits per heavy atom. The lowest BCUT2D eigenvalue weighted by molar-refractivity contribution is 0.511. The van der Waals surface area contributed by atoms with Gasteiger partial charge in [0.1, 0.15) is 0 Å². The van der Waals surface area contributed by atoms with Crippen LogP contribution in [0.2, 0.25) is 0 Å². The topological polar surface area (TPSA) is 38.0 Å². The van der Waals surface area contributed by atoms with Gasteiger partial charge in [-0.25, -0.2) is 0 Å². The van der Waals surface area contributed by atoms with Gasteiger partial charge in [0, 0.05) is 10.9 Å². The molecule has 3 heteroatoms. The van der Waals surface area contributed by atoms with Gasteiger partial charge in [0.2, 0.25) is 0 Å². The maximum Gasteiger partial charge on any atom is 0.0468 e. The Bertz CT molecular complexity index is 232. The lowest BCUT2D eigenvalue weighted by atomic mass is 10.1. The normalized spacial score (nSPS) is 13.2. The van der Waals surface area contributed by atoms with Gasteiger partial charge in [-0.2, -0.15) is 0 Å². The third-order valence-corrected chi connectivity index (χ3v) is 2.81. The van der Waals surface area contributed by atoms with Gasteiger partial charge in [-0.1, -0.05) is 13.3 Å². The van der Waals surface area contributed by atoms with Crippen molar-refractivity contribution in [2.75, 3.05) is 0 Å². The summed E-state index contributed by atoms with van der Waals surface area (Å²) in [5.74, 6) is 5.45. The van der Waals surface area contributed by atoms with Crippen molar-refractivity contribution in [3.63, 3.8) is 0 Å². The molecule has 1 atom stereocenters. The predicted molar refractivity (Wildman–Crippen MR) is 54.0 cm³/mol. The molecule has 1 aromatic heterocycles. The van der Waals surface area contributed by atoms with E-state index in [0.717, 1.165) is 12.8 Å². The number of hydrazine groups is 1. The van der Waals surface area contributed by atoms with E-state index >= 15 is 0 Å². The summed E-state index contributed by atoms with van der Waals surface area (Å²) in [5.41, 5.74) is 4.16. The van der Waals surface area contributed by atoms with Crippen molar-refractivity contribution in [1.29, 1.82) is 0 Å². The van der Waals surface area contributed by atoms with Crippen LogP contribution < -0.4 is 11.3 Å². The standard InChI is InChI=1S/C9H16N2S/c1-3-4-9(11-10)8-5-7(2)12-6-8/h5-6,9,11H,3-4,10H2,1-2H3. The molecule has 0 saturated carbocycles. The van der Waals surface area contributed by atoms with Gasteiger partial charge in [-0.05, 0) is 30.4 Å². The van der Waals surface area contributed by atoms with Gasteiger partial charge in [0.15, 0.2) is 0 Å². The summed E-state index contributed by atoms with van der Waals surface area (Å²) in [6.07, 6.45) is 2.26. The van der Waals surface area contributed by atoms with E-state index in [4.69, 9.17) is 5.84 Å². The highest BCUT2D eigenvalue weighted by molar-refractivity contribution is 7.10. The van der Waals surface area contributed by atoms with Crippen molar-refractivity contribution in [3.8, 4) is 0 Å². The molecule has 1 rings (SSSR count). The zero-order valence-electron chi connectivity index (χ0n) is 7.63. The van der Waals surface area contributed by atoms with Crippen molar-refractivity contribution in [1.82, 2.24) is 5.43 Å². The number of hydrogen-bond acceptors (Lipinski definition) is 3. The van der Waals surface area contributed by atoms with Crippen LogP contribution in [0.1, 0.15) is 36.2 Å². The van der Waals surface area contributed by atoms with Gasteiger partial charge >= 0.3 is 0 Å². The quantitative estimate of drug-likeness (QED) is 0.557. The highest BCUT2D eigenvalue weighted by atomic mass is 32.1. The van der Waals surface area contributed by atoms with Crippen LogP contribution in [0.5, 0.6) is 0 Å². The van der Waals surface area contributed by atoms with E-state index in [1.165, 1.54) is 10.4 Å². The molecule has 12 heavy (non-hydrogen) atoms. The van der Waals surface area contributed by atoms with Gasteiger partial charge in [-0.3, -0.25) is 11.3 Å². The SMILES string of the molecule is CCCC(NN)c1csc(C)c1. The highest BCUT2D eigenvalue weighted by Gasteiger charge is 2.08. The van der Waals surface area contributed by atoms with Gasteiger partial charge in [0.25, 0.3) is 0 Å². The first-order chi connectivity index (χ1) is 5.77. The zero-order valence-corrected chi connectivity index (χ0v) is 8.45. The Morgan fingerprint density at radius 1 is 1.67 bits per heavy atom. The molecule has 1 unspecified atom stereocenters. The summed E-state index contributed by atoms with van der Waals surface area (Å²) in [6.45, 7) is 4.29. The number of aryl methyl sites for hydroxylation is 1. The van der Waals surface area contributed by atoms with E-state index in [1.807, 2.05) is 0 Å². The first-order valence-electron chi connectivity index (χ1n) is 4.29. The number of thiophene rings is 1. The summed E-state index contributed by atoms with van der Waals surface area (Å²) in [6, 6.07) is 2.53. The van der Waals surface area contributed by atoms with Crippen molar-refractivity contribution >= 4 is 11.3 Å².